The minimum atomic E-state index is -0.608. The Bertz CT molecular complexity index is 1460. The van der Waals surface area contributed by atoms with Crippen molar-refractivity contribution < 1.29 is 23.1 Å². The van der Waals surface area contributed by atoms with Crippen LogP contribution in [0, 0.1) is 42.2 Å². The molecule has 47 heavy (non-hydrogen) atoms. The minimum absolute atomic E-state index is 0.0521. The highest BCUT2D eigenvalue weighted by Gasteiger charge is 2.45. The lowest BCUT2D eigenvalue weighted by atomic mass is 9.76. The van der Waals surface area contributed by atoms with E-state index >= 15 is 4.39 Å². The van der Waals surface area contributed by atoms with Crippen molar-refractivity contribution in [2.45, 2.75) is 117 Å². The zero-order valence-corrected chi connectivity index (χ0v) is 29.9. The summed E-state index contributed by atoms with van der Waals surface area (Å²) in [4.78, 5) is 32.3. The first-order valence-electron chi connectivity index (χ1n) is 17.8. The van der Waals surface area contributed by atoms with Gasteiger partial charge in [-0.15, -0.1) is 0 Å². The zero-order chi connectivity index (χ0) is 34.3. The number of fused-ring (bicyclic) bond motifs is 1. The Morgan fingerprint density at radius 2 is 1.64 bits per heavy atom. The van der Waals surface area contributed by atoms with Crippen molar-refractivity contribution in [2.75, 3.05) is 26.2 Å². The molecule has 0 N–H and O–H groups in total. The number of likely N-dealkylation sites (tertiary alicyclic amines) is 2. The maximum atomic E-state index is 15.1. The number of ether oxygens (including phenoxy) is 1. The van der Waals surface area contributed by atoms with Crippen molar-refractivity contribution in [3.8, 4) is 0 Å². The Morgan fingerprint density at radius 3 is 2.30 bits per heavy atom. The van der Waals surface area contributed by atoms with Crippen LogP contribution in [0.5, 0.6) is 0 Å². The Morgan fingerprint density at radius 1 is 0.936 bits per heavy atom. The van der Waals surface area contributed by atoms with Crippen molar-refractivity contribution in [3.05, 3.63) is 69.8 Å². The molecule has 0 spiro atoms. The second-order valence-corrected chi connectivity index (χ2v) is 16.6. The van der Waals surface area contributed by atoms with Gasteiger partial charge in [-0.25, -0.2) is 8.78 Å². The first kappa shape index (κ1) is 35.5. The van der Waals surface area contributed by atoms with E-state index in [1.807, 2.05) is 25.7 Å². The van der Waals surface area contributed by atoms with Gasteiger partial charge in [-0.1, -0.05) is 25.1 Å². The predicted molar refractivity (Wildman–Crippen MR) is 183 cm³/mol. The second kappa shape index (κ2) is 14.0. The molecule has 1 amide bonds. The highest BCUT2D eigenvalue weighted by molar-refractivity contribution is 5.81. The van der Waals surface area contributed by atoms with E-state index in [2.05, 4.69) is 51.7 Å². The first-order chi connectivity index (χ1) is 22.0. The molecule has 5 atom stereocenters. The third-order valence-electron chi connectivity index (χ3n) is 11.1. The molecule has 2 unspecified atom stereocenters. The molecule has 1 aliphatic carbocycles. The number of halogens is 2. The summed E-state index contributed by atoms with van der Waals surface area (Å²) in [5.74, 6) is -1.95. The molecule has 0 bridgehead atoms. The van der Waals surface area contributed by atoms with E-state index in [0.29, 0.717) is 38.2 Å². The van der Waals surface area contributed by atoms with E-state index in [4.69, 9.17) is 4.74 Å². The topological polar surface area (TPSA) is 49.9 Å². The van der Waals surface area contributed by atoms with Crippen LogP contribution in [0.2, 0.25) is 0 Å². The highest BCUT2D eigenvalue weighted by atomic mass is 19.1. The fourth-order valence-corrected chi connectivity index (χ4v) is 8.27. The van der Waals surface area contributed by atoms with Gasteiger partial charge in [0.1, 0.15) is 17.2 Å². The van der Waals surface area contributed by atoms with Gasteiger partial charge in [0.15, 0.2) is 0 Å². The van der Waals surface area contributed by atoms with Gasteiger partial charge in [-0.2, -0.15) is 0 Å². The van der Waals surface area contributed by atoms with Crippen molar-refractivity contribution in [1.29, 1.82) is 0 Å². The number of nitrogens with zero attached hydrogens (tertiary/aromatic N) is 2. The average Bonchev–Trinajstić information content (AvgIpc) is 3.54. The largest absolute Gasteiger partial charge is 0.460 e. The lowest BCUT2D eigenvalue weighted by Gasteiger charge is -2.33. The number of hydrogen-bond acceptors (Lipinski definition) is 4. The number of esters is 1. The van der Waals surface area contributed by atoms with Gasteiger partial charge in [0.2, 0.25) is 5.91 Å². The van der Waals surface area contributed by atoms with Gasteiger partial charge < -0.3 is 9.64 Å². The fourth-order valence-electron chi connectivity index (χ4n) is 8.27. The fraction of sp³-hybridized carbons (Fsp3) is 0.650. The van der Waals surface area contributed by atoms with Crippen LogP contribution >= 0.6 is 0 Å². The molecule has 5 rings (SSSR count). The summed E-state index contributed by atoms with van der Waals surface area (Å²) in [5, 5.41) is 0. The van der Waals surface area contributed by atoms with Gasteiger partial charge in [0.05, 0.1) is 11.8 Å². The number of rotatable bonds is 7. The number of carbonyl (C=O) groups is 2. The molecule has 0 saturated carbocycles. The Hall–Kier alpha value is -2.80. The maximum absolute atomic E-state index is 15.1. The van der Waals surface area contributed by atoms with E-state index in [1.54, 1.807) is 0 Å². The summed E-state index contributed by atoms with van der Waals surface area (Å²) < 4.78 is 34.9. The summed E-state index contributed by atoms with van der Waals surface area (Å²) >= 11 is 0. The number of hydrogen-bond donors (Lipinski definition) is 0. The normalized spacial score (nSPS) is 23.7. The molecular formula is C40H56F2N2O3. The SMILES string of the molecule is Cc1cc2c(cc1C[C@@H](C(=O)OC(C)(C)C)C(C)C1CCCN(C(=O)[C@@H]3CN(C(C)(C)C)C[C@H]3c3ccc(F)cc3F)CC1)CCC2. The van der Waals surface area contributed by atoms with Crippen LogP contribution in [-0.2, 0) is 33.6 Å². The van der Waals surface area contributed by atoms with Gasteiger partial charge in [0.25, 0.3) is 0 Å². The van der Waals surface area contributed by atoms with E-state index in [1.165, 1.54) is 40.8 Å². The van der Waals surface area contributed by atoms with Crippen LogP contribution in [0.3, 0.4) is 0 Å². The van der Waals surface area contributed by atoms with Crippen LogP contribution < -0.4 is 0 Å². The molecule has 5 nitrogen and oxygen atoms in total. The standard InChI is InChI=1S/C40H56F2N2O3/c1-25-19-28-11-9-12-29(28)20-30(25)21-33(38(46)47-40(6,7)8)26(2)27-13-10-17-43(18-16-27)37(45)35-24-44(39(3,4)5)23-34(35)32-15-14-31(41)22-36(32)42/h14-15,19-20,22,26-27,33-35H,9-13,16-18,21,23-24H2,1-8H3/t26?,27?,33-,34+,35-/m1/s1. The molecule has 2 aromatic carbocycles. The highest BCUT2D eigenvalue weighted by Crippen LogP contribution is 2.40. The maximum Gasteiger partial charge on any atom is 0.310 e. The number of aryl methyl sites for hydroxylation is 3. The average molecular weight is 651 g/mol. The van der Waals surface area contributed by atoms with Crippen LogP contribution in [0.15, 0.2) is 30.3 Å². The molecule has 0 radical (unpaired) electrons. The van der Waals surface area contributed by atoms with E-state index in [0.717, 1.165) is 38.2 Å². The van der Waals surface area contributed by atoms with Gasteiger partial charge in [0, 0.05) is 43.7 Å². The predicted octanol–water partition coefficient (Wildman–Crippen LogP) is 8.04. The summed E-state index contributed by atoms with van der Waals surface area (Å²) in [6.07, 6.45) is 6.67. The molecule has 258 valence electrons. The van der Waals surface area contributed by atoms with Crippen molar-refractivity contribution in [3.63, 3.8) is 0 Å². The smallest absolute Gasteiger partial charge is 0.310 e. The molecule has 2 heterocycles. The molecule has 2 fully saturated rings. The molecule has 7 heteroatoms. The van der Waals surface area contributed by atoms with E-state index < -0.39 is 23.2 Å². The lowest BCUT2D eigenvalue weighted by Crippen LogP contribution is -2.42. The summed E-state index contributed by atoms with van der Waals surface area (Å²) in [7, 11) is 0. The number of benzene rings is 2. The second-order valence-electron chi connectivity index (χ2n) is 16.6. The van der Waals surface area contributed by atoms with Crippen LogP contribution in [0.1, 0.15) is 108 Å². The summed E-state index contributed by atoms with van der Waals surface area (Å²) in [5.41, 5.74) is 5.01. The monoisotopic (exact) mass is 650 g/mol. The third kappa shape index (κ3) is 8.26. The van der Waals surface area contributed by atoms with Crippen LogP contribution in [0.4, 0.5) is 8.78 Å². The van der Waals surface area contributed by atoms with Gasteiger partial charge >= 0.3 is 5.97 Å². The van der Waals surface area contributed by atoms with Crippen molar-refractivity contribution in [1.82, 2.24) is 9.80 Å². The van der Waals surface area contributed by atoms with Gasteiger partial charge in [-0.05, 0) is 139 Å². The number of amides is 1. The summed E-state index contributed by atoms with van der Waals surface area (Å²) in [6.45, 7) is 18.8. The quantitative estimate of drug-likeness (QED) is 0.285. The molecule has 0 aromatic heterocycles. The Labute approximate surface area is 281 Å². The van der Waals surface area contributed by atoms with E-state index in [-0.39, 0.29) is 41.1 Å². The lowest BCUT2D eigenvalue weighted by molar-refractivity contribution is -0.162. The molecule has 3 aliphatic rings. The molecule has 2 aliphatic heterocycles. The van der Waals surface area contributed by atoms with Crippen LogP contribution in [-0.4, -0.2) is 59.0 Å². The first-order valence-corrected chi connectivity index (χ1v) is 17.8. The van der Waals surface area contributed by atoms with E-state index in [9.17, 15) is 14.0 Å². The summed E-state index contributed by atoms with van der Waals surface area (Å²) in [6, 6.07) is 8.39. The van der Waals surface area contributed by atoms with Crippen molar-refractivity contribution in [2.24, 2.45) is 23.7 Å². The molecule has 2 saturated heterocycles. The third-order valence-corrected chi connectivity index (χ3v) is 11.1. The van der Waals surface area contributed by atoms with Crippen molar-refractivity contribution >= 4 is 11.9 Å². The zero-order valence-electron chi connectivity index (χ0n) is 29.9. The minimum Gasteiger partial charge on any atom is -0.460 e. The number of carbonyl (C=O) groups excluding carboxylic acids is 2. The Kier molecular flexibility index (Phi) is 10.6. The van der Waals surface area contributed by atoms with Crippen LogP contribution in [0.25, 0.3) is 0 Å². The Balaban J connectivity index is 1.33. The molecular weight excluding hydrogens is 594 g/mol. The molecule has 2 aromatic rings. The van der Waals surface area contributed by atoms with Gasteiger partial charge in [-0.3, -0.25) is 14.5 Å².